The summed E-state index contributed by atoms with van der Waals surface area (Å²) in [6.45, 7) is 6.60. The van der Waals surface area contributed by atoms with Crippen molar-refractivity contribution < 1.29 is 4.79 Å². The topological polar surface area (TPSA) is 49.3 Å². The van der Waals surface area contributed by atoms with E-state index < -0.39 is 0 Å². The largest absolute Gasteiger partial charge is 0.335 e. The van der Waals surface area contributed by atoms with Crippen LogP contribution in [0.15, 0.2) is 24.5 Å². The molecule has 164 valence electrons. The van der Waals surface area contributed by atoms with E-state index in [4.69, 9.17) is 0 Å². The van der Waals surface area contributed by atoms with Crippen molar-refractivity contribution in [2.24, 2.45) is 5.92 Å². The van der Waals surface area contributed by atoms with E-state index in [0.29, 0.717) is 12.0 Å². The van der Waals surface area contributed by atoms with E-state index in [-0.39, 0.29) is 12.1 Å². The molecule has 0 aromatic carbocycles. The molecule has 2 amide bonds. The number of hydrogen-bond donors (Lipinski definition) is 2. The Bertz CT molecular complexity index is 836. The van der Waals surface area contributed by atoms with Crippen molar-refractivity contribution >= 4 is 17.4 Å². The normalized spacial score (nSPS) is 18.5. The number of thiophene rings is 1. The number of nitrogens with one attached hydrogen (secondary N) is 2. The predicted octanol–water partition coefficient (Wildman–Crippen LogP) is 5.25. The van der Waals surface area contributed by atoms with E-state index in [1.807, 2.05) is 11.3 Å². The molecular weight excluding hydrogens is 392 g/mol. The van der Waals surface area contributed by atoms with Gasteiger partial charge in [-0.25, -0.2) is 4.79 Å². The lowest BCUT2D eigenvalue weighted by Crippen LogP contribution is -2.43. The fraction of sp³-hybridized carbons (Fsp3) is 0.625. The van der Waals surface area contributed by atoms with Crippen LogP contribution in [0.25, 0.3) is 5.00 Å². The molecule has 2 aromatic rings. The van der Waals surface area contributed by atoms with Gasteiger partial charge in [-0.3, -0.25) is 0 Å². The summed E-state index contributed by atoms with van der Waals surface area (Å²) in [4.78, 5) is 16.8. The minimum absolute atomic E-state index is 0.00184. The number of aromatic nitrogens is 1. The zero-order valence-corrected chi connectivity index (χ0v) is 19.4. The van der Waals surface area contributed by atoms with Crippen LogP contribution in [0, 0.1) is 5.92 Å². The molecule has 6 heteroatoms. The van der Waals surface area contributed by atoms with Crippen LogP contribution >= 0.6 is 11.3 Å². The maximum Gasteiger partial charge on any atom is 0.315 e. The molecular formula is C24H36N4OS. The minimum atomic E-state index is 0.00184. The molecule has 0 saturated heterocycles. The van der Waals surface area contributed by atoms with Crippen LogP contribution in [-0.2, 0) is 13.0 Å². The molecule has 1 saturated carbocycles. The minimum Gasteiger partial charge on any atom is -0.335 e. The van der Waals surface area contributed by atoms with Crippen molar-refractivity contribution in [1.29, 1.82) is 0 Å². The van der Waals surface area contributed by atoms with E-state index in [0.717, 1.165) is 45.2 Å². The summed E-state index contributed by atoms with van der Waals surface area (Å²) in [5, 5.41) is 7.91. The van der Waals surface area contributed by atoms with Gasteiger partial charge in [0.15, 0.2) is 0 Å². The van der Waals surface area contributed by atoms with Gasteiger partial charge < -0.3 is 20.1 Å². The summed E-state index contributed by atoms with van der Waals surface area (Å²) >= 11 is 1.90. The number of amides is 2. The van der Waals surface area contributed by atoms with Crippen LogP contribution in [0.3, 0.4) is 0 Å². The van der Waals surface area contributed by atoms with Gasteiger partial charge in [-0.1, -0.05) is 26.7 Å². The molecule has 2 N–H and O–H groups in total. The number of carbonyl (C=O) groups excluding carboxylic acids is 1. The zero-order chi connectivity index (χ0) is 21.1. The molecule has 2 aromatic heterocycles. The number of carbonyl (C=O) groups is 1. The fourth-order valence-electron chi connectivity index (χ4n) is 4.81. The molecule has 0 bridgehead atoms. The van der Waals surface area contributed by atoms with Gasteiger partial charge in [0.25, 0.3) is 0 Å². The molecule has 1 aliphatic carbocycles. The molecule has 1 aliphatic heterocycles. The Hall–Kier alpha value is -1.79. The molecule has 2 aliphatic rings. The average molecular weight is 429 g/mol. The van der Waals surface area contributed by atoms with E-state index in [1.54, 1.807) is 0 Å². The van der Waals surface area contributed by atoms with Gasteiger partial charge in [0.05, 0.1) is 6.04 Å². The van der Waals surface area contributed by atoms with Gasteiger partial charge in [-0.2, -0.15) is 0 Å². The number of urea groups is 1. The second kappa shape index (κ2) is 9.56. The Morgan fingerprint density at radius 1 is 1.20 bits per heavy atom. The maximum atomic E-state index is 12.9. The summed E-state index contributed by atoms with van der Waals surface area (Å²) in [5.74, 6) is 0.614. The van der Waals surface area contributed by atoms with E-state index in [9.17, 15) is 4.79 Å². The molecule has 4 rings (SSSR count). The highest BCUT2D eigenvalue weighted by atomic mass is 32.1. The second-order valence-corrected chi connectivity index (χ2v) is 10.5. The van der Waals surface area contributed by atoms with Crippen LogP contribution < -0.4 is 10.6 Å². The molecule has 5 nitrogen and oxygen atoms in total. The first-order valence-corrected chi connectivity index (χ1v) is 12.4. The van der Waals surface area contributed by atoms with E-state index >= 15 is 0 Å². The third-order valence-electron chi connectivity index (χ3n) is 6.48. The summed E-state index contributed by atoms with van der Waals surface area (Å²) in [6.07, 6.45) is 12.1. The monoisotopic (exact) mass is 428 g/mol. The van der Waals surface area contributed by atoms with Crippen LogP contribution in [0.4, 0.5) is 4.79 Å². The zero-order valence-electron chi connectivity index (χ0n) is 18.6. The average Bonchev–Trinajstić information content (AvgIpc) is 3.45. The van der Waals surface area contributed by atoms with Gasteiger partial charge in [-0.05, 0) is 62.8 Å². The third-order valence-corrected chi connectivity index (χ3v) is 7.73. The highest BCUT2D eigenvalue weighted by Crippen LogP contribution is 2.40. The first-order chi connectivity index (χ1) is 14.5. The Morgan fingerprint density at radius 2 is 1.93 bits per heavy atom. The fourth-order valence-corrected chi connectivity index (χ4v) is 6.26. The highest BCUT2D eigenvalue weighted by Gasteiger charge is 2.30. The third kappa shape index (κ3) is 4.92. The van der Waals surface area contributed by atoms with Gasteiger partial charge in [0, 0.05) is 42.0 Å². The van der Waals surface area contributed by atoms with Gasteiger partial charge in [0.2, 0.25) is 0 Å². The Labute approximate surface area is 184 Å². The van der Waals surface area contributed by atoms with Crippen molar-refractivity contribution in [1.82, 2.24) is 20.1 Å². The lowest BCUT2D eigenvalue weighted by molar-refractivity contribution is 0.231. The summed E-state index contributed by atoms with van der Waals surface area (Å²) in [5.41, 5.74) is 2.82. The molecule has 0 unspecified atom stereocenters. The predicted molar refractivity (Wildman–Crippen MR) is 124 cm³/mol. The van der Waals surface area contributed by atoms with Crippen molar-refractivity contribution in [2.75, 3.05) is 13.6 Å². The first kappa shape index (κ1) is 21.4. The van der Waals surface area contributed by atoms with E-state index in [1.165, 1.54) is 33.8 Å². The Morgan fingerprint density at radius 3 is 2.63 bits per heavy atom. The van der Waals surface area contributed by atoms with Gasteiger partial charge >= 0.3 is 6.03 Å². The number of hydrogen-bond acceptors (Lipinski definition) is 3. The summed E-state index contributed by atoms with van der Waals surface area (Å²) in [6, 6.07) is 4.55. The Kier molecular flexibility index (Phi) is 6.84. The number of rotatable bonds is 7. The number of likely N-dealkylation sites (N-methyl/N-ethyl adjacent to an activating group) is 1. The van der Waals surface area contributed by atoms with Crippen molar-refractivity contribution in [3.8, 4) is 5.00 Å². The summed E-state index contributed by atoms with van der Waals surface area (Å²) < 4.78 is 2.23. The quantitative estimate of drug-likeness (QED) is 0.633. The highest BCUT2D eigenvalue weighted by molar-refractivity contribution is 7.15. The Balaban J connectivity index is 1.65. The molecule has 3 heterocycles. The molecule has 1 atom stereocenters. The standard InChI is InChI=1S/C24H36N4OS/c1-17(2)10-11-20(26-24(29)25-18-8-4-5-9-18)22-19-12-15-27(3)16-21(19)30-23(22)28-13-6-7-14-28/h6-7,13-14,17-18,20H,4-5,8-12,15-16H2,1-3H3,(H2,25,26,29)/t20-/m0/s1. The number of nitrogens with zero attached hydrogens (tertiary/aromatic N) is 2. The van der Waals surface area contributed by atoms with Gasteiger partial charge in [-0.15, -0.1) is 11.3 Å². The lowest BCUT2D eigenvalue weighted by Gasteiger charge is -2.27. The lowest BCUT2D eigenvalue weighted by atomic mass is 9.92. The first-order valence-electron chi connectivity index (χ1n) is 11.5. The summed E-state index contributed by atoms with van der Waals surface area (Å²) in [7, 11) is 2.20. The SMILES string of the molecule is CC(C)CC[C@H](NC(=O)NC1CCCC1)c1c(-n2cccc2)sc2c1CCN(C)C2. The number of fused-ring (bicyclic) bond motifs is 1. The molecule has 0 spiro atoms. The second-order valence-electron chi connectivity index (χ2n) is 9.42. The van der Waals surface area contributed by atoms with Crippen LogP contribution in [0.5, 0.6) is 0 Å². The van der Waals surface area contributed by atoms with Crippen LogP contribution in [-0.4, -0.2) is 35.1 Å². The van der Waals surface area contributed by atoms with Crippen molar-refractivity contribution in [3.63, 3.8) is 0 Å². The van der Waals surface area contributed by atoms with Crippen molar-refractivity contribution in [2.45, 2.75) is 77.4 Å². The van der Waals surface area contributed by atoms with Crippen LogP contribution in [0.2, 0.25) is 0 Å². The van der Waals surface area contributed by atoms with Crippen LogP contribution in [0.1, 0.15) is 74.4 Å². The smallest absolute Gasteiger partial charge is 0.315 e. The van der Waals surface area contributed by atoms with Gasteiger partial charge in [0.1, 0.15) is 5.00 Å². The molecule has 1 fully saturated rings. The molecule has 30 heavy (non-hydrogen) atoms. The maximum absolute atomic E-state index is 12.9. The molecule has 0 radical (unpaired) electrons. The van der Waals surface area contributed by atoms with Crippen molar-refractivity contribution in [3.05, 3.63) is 40.5 Å². The van der Waals surface area contributed by atoms with E-state index in [2.05, 4.69) is 65.5 Å².